The molecule has 10 heteroatoms. The van der Waals surface area contributed by atoms with Crippen molar-refractivity contribution in [1.29, 1.82) is 0 Å². The van der Waals surface area contributed by atoms with Crippen molar-refractivity contribution in [2.75, 3.05) is 24.2 Å². The fraction of sp³-hybridized carbons (Fsp3) is 0.412. The van der Waals surface area contributed by atoms with Crippen LogP contribution in [0.2, 0.25) is 0 Å². The molecule has 0 saturated carbocycles. The molecular formula is C17H18F2N2O4S2. The Labute approximate surface area is 159 Å². The van der Waals surface area contributed by atoms with E-state index in [0.717, 1.165) is 42.6 Å². The molecule has 0 spiro atoms. The van der Waals surface area contributed by atoms with E-state index in [1.54, 1.807) is 6.07 Å². The number of sulfone groups is 1. The van der Waals surface area contributed by atoms with Crippen molar-refractivity contribution in [1.82, 2.24) is 0 Å². The highest BCUT2D eigenvalue weighted by atomic mass is 32.2. The monoisotopic (exact) mass is 416 g/mol. The Kier molecular flexibility index (Phi) is 5.48. The summed E-state index contributed by atoms with van der Waals surface area (Å²) in [5.74, 6) is -1.49. The topological polar surface area (TPSA) is 80.5 Å². The third-order valence-electron chi connectivity index (χ3n) is 4.64. The second-order valence-electron chi connectivity index (χ2n) is 6.67. The van der Waals surface area contributed by atoms with Crippen LogP contribution in [0.5, 0.6) is 0 Å². The summed E-state index contributed by atoms with van der Waals surface area (Å²) in [5, 5.41) is 11.6. The van der Waals surface area contributed by atoms with Gasteiger partial charge in [0.2, 0.25) is 0 Å². The quantitative estimate of drug-likeness (QED) is 0.547. The zero-order valence-corrected chi connectivity index (χ0v) is 16.2. The van der Waals surface area contributed by atoms with Gasteiger partial charge >= 0.3 is 5.69 Å². The number of nitro groups is 1. The molecule has 27 heavy (non-hydrogen) atoms. The minimum atomic E-state index is -3.51. The molecule has 2 aromatic rings. The lowest BCUT2D eigenvalue weighted by atomic mass is 9.90. The minimum absolute atomic E-state index is 0.0203. The lowest BCUT2D eigenvalue weighted by Gasteiger charge is -2.32. The number of thiophene rings is 1. The van der Waals surface area contributed by atoms with E-state index in [1.807, 2.05) is 4.90 Å². The summed E-state index contributed by atoms with van der Waals surface area (Å²) in [6.07, 6.45) is 3.08. The van der Waals surface area contributed by atoms with E-state index in [1.165, 1.54) is 6.07 Å². The first-order valence-corrected chi connectivity index (χ1v) is 11.0. The Bertz CT molecular complexity index is 967. The lowest BCUT2D eigenvalue weighted by molar-refractivity contribution is -0.383. The molecular weight excluding hydrogens is 398 g/mol. The SMILES string of the molecule is CS(=O)(=O)c1cc([N+](=O)[O-])c(N2CCC(Cc3ccc(F)c(F)c3)CC2)s1. The predicted molar refractivity (Wildman–Crippen MR) is 99.1 cm³/mol. The fourth-order valence-corrected chi connectivity index (χ4v) is 5.31. The molecule has 0 radical (unpaired) electrons. The maximum atomic E-state index is 13.3. The van der Waals surface area contributed by atoms with Gasteiger partial charge in [0.15, 0.2) is 26.5 Å². The van der Waals surface area contributed by atoms with Crippen LogP contribution in [-0.4, -0.2) is 32.7 Å². The third kappa shape index (κ3) is 4.44. The third-order valence-corrected chi connectivity index (χ3v) is 7.63. The molecule has 1 saturated heterocycles. The number of halogens is 2. The number of rotatable bonds is 5. The molecule has 0 atom stereocenters. The van der Waals surface area contributed by atoms with Gasteiger partial charge in [0.05, 0.1) is 4.92 Å². The highest BCUT2D eigenvalue weighted by molar-refractivity contribution is 7.92. The number of benzene rings is 1. The van der Waals surface area contributed by atoms with Crippen LogP contribution < -0.4 is 4.90 Å². The molecule has 1 aromatic heterocycles. The largest absolute Gasteiger partial charge is 0.358 e. The van der Waals surface area contributed by atoms with E-state index < -0.39 is 26.4 Å². The Balaban J connectivity index is 1.71. The van der Waals surface area contributed by atoms with E-state index in [9.17, 15) is 27.3 Å². The van der Waals surface area contributed by atoms with Gasteiger partial charge in [-0.15, -0.1) is 0 Å². The standard InChI is InChI=1S/C17H18F2N2O4S2/c1-27(24,25)16-10-15(21(22)23)17(26-16)20-6-4-11(5-7-20)8-12-2-3-13(18)14(19)9-12/h2-3,9-11H,4-8H2,1H3. The van der Waals surface area contributed by atoms with Gasteiger partial charge in [-0.2, -0.15) is 0 Å². The molecule has 0 unspecified atom stereocenters. The molecule has 6 nitrogen and oxygen atoms in total. The van der Waals surface area contributed by atoms with Crippen molar-refractivity contribution in [2.45, 2.75) is 23.5 Å². The van der Waals surface area contributed by atoms with Crippen molar-refractivity contribution in [3.8, 4) is 0 Å². The van der Waals surface area contributed by atoms with E-state index in [0.29, 0.717) is 30.1 Å². The zero-order chi connectivity index (χ0) is 19.8. The Hall–Kier alpha value is -2.07. The van der Waals surface area contributed by atoms with Crippen molar-refractivity contribution < 1.29 is 22.1 Å². The molecule has 2 heterocycles. The van der Waals surface area contributed by atoms with E-state index >= 15 is 0 Å². The van der Waals surface area contributed by atoms with Crippen LogP contribution in [0.1, 0.15) is 18.4 Å². The Morgan fingerprint density at radius 2 is 1.89 bits per heavy atom. The maximum absolute atomic E-state index is 13.3. The first kappa shape index (κ1) is 19.7. The molecule has 1 fully saturated rings. The van der Waals surface area contributed by atoms with Crippen LogP contribution in [0.15, 0.2) is 28.5 Å². The first-order valence-electron chi connectivity index (χ1n) is 8.32. The van der Waals surface area contributed by atoms with Gasteiger partial charge < -0.3 is 4.90 Å². The van der Waals surface area contributed by atoms with E-state index in [2.05, 4.69) is 0 Å². The number of nitrogens with zero attached hydrogens (tertiary/aromatic N) is 2. The highest BCUT2D eigenvalue weighted by Crippen LogP contribution is 2.41. The Morgan fingerprint density at radius 3 is 2.44 bits per heavy atom. The van der Waals surface area contributed by atoms with Gasteiger partial charge in [0, 0.05) is 25.4 Å². The summed E-state index contributed by atoms with van der Waals surface area (Å²) in [6, 6.07) is 4.99. The van der Waals surface area contributed by atoms with Crippen molar-refractivity contribution in [3.05, 3.63) is 51.6 Å². The first-order chi connectivity index (χ1) is 12.6. The van der Waals surface area contributed by atoms with Gasteiger partial charge in [-0.25, -0.2) is 17.2 Å². The summed E-state index contributed by atoms with van der Waals surface area (Å²) in [7, 11) is -3.51. The van der Waals surface area contributed by atoms with Crippen LogP contribution in [-0.2, 0) is 16.3 Å². The van der Waals surface area contributed by atoms with Crippen LogP contribution in [0, 0.1) is 27.7 Å². The number of anilines is 1. The van der Waals surface area contributed by atoms with Gasteiger partial charge in [-0.05, 0) is 42.9 Å². The smallest absolute Gasteiger partial charge is 0.305 e. The Morgan fingerprint density at radius 1 is 1.22 bits per heavy atom. The molecule has 3 rings (SSSR count). The van der Waals surface area contributed by atoms with Crippen molar-refractivity contribution in [2.24, 2.45) is 5.92 Å². The molecule has 1 aliphatic rings. The lowest BCUT2D eigenvalue weighted by Crippen LogP contribution is -2.34. The fourth-order valence-electron chi connectivity index (χ4n) is 3.23. The molecule has 0 aliphatic carbocycles. The highest BCUT2D eigenvalue weighted by Gasteiger charge is 2.30. The van der Waals surface area contributed by atoms with Gasteiger partial charge in [-0.3, -0.25) is 10.1 Å². The second-order valence-corrected chi connectivity index (χ2v) is 9.94. The summed E-state index contributed by atoms with van der Waals surface area (Å²) in [4.78, 5) is 12.6. The minimum Gasteiger partial charge on any atom is -0.358 e. The zero-order valence-electron chi connectivity index (χ0n) is 14.5. The van der Waals surface area contributed by atoms with Crippen LogP contribution in [0.4, 0.5) is 19.5 Å². The van der Waals surface area contributed by atoms with E-state index in [-0.39, 0.29) is 15.8 Å². The summed E-state index contributed by atoms with van der Waals surface area (Å²) in [6.45, 7) is 1.08. The average molecular weight is 416 g/mol. The average Bonchev–Trinajstić information content (AvgIpc) is 3.05. The van der Waals surface area contributed by atoms with Crippen LogP contribution in [0.25, 0.3) is 0 Å². The normalized spacial score (nSPS) is 15.9. The molecule has 1 aliphatic heterocycles. The van der Waals surface area contributed by atoms with Gasteiger partial charge in [-0.1, -0.05) is 17.4 Å². The van der Waals surface area contributed by atoms with Crippen molar-refractivity contribution in [3.63, 3.8) is 0 Å². The number of piperidine rings is 1. The number of hydrogen-bond acceptors (Lipinski definition) is 6. The number of hydrogen-bond donors (Lipinski definition) is 0. The van der Waals surface area contributed by atoms with Crippen LogP contribution in [0.3, 0.4) is 0 Å². The van der Waals surface area contributed by atoms with Gasteiger partial charge in [0.1, 0.15) is 4.21 Å². The molecule has 0 bridgehead atoms. The van der Waals surface area contributed by atoms with Gasteiger partial charge in [0.25, 0.3) is 0 Å². The summed E-state index contributed by atoms with van der Waals surface area (Å²) >= 11 is 0.915. The second kappa shape index (κ2) is 7.51. The van der Waals surface area contributed by atoms with Crippen molar-refractivity contribution >= 4 is 31.9 Å². The predicted octanol–water partition coefficient (Wildman–Crippen LogP) is 3.80. The molecule has 0 N–H and O–H groups in total. The molecule has 1 aromatic carbocycles. The summed E-state index contributed by atoms with van der Waals surface area (Å²) < 4.78 is 49.8. The molecule has 0 amide bonds. The molecule has 146 valence electrons. The van der Waals surface area contributed by atoms with Crippen LogP contribution >= 0.6 is 11.3 Å². The maximum Gasteiger partial charge on any atom is 0.305 e. The van der Waals surface area contributed by atoms with E-state index in [4.69, 9.17) is 0 Å². The summed E-state index contributed by atoms with van der Waals surface area (Å²) in [5.41, 5.74) is 0.522.